The van der Waals surface area contributed by atoms with Crippen LogP contribution in [0, 0.1) is 0 Å². The summed E-state index contributed by atoms with van der Waals surface area (Å²) < 4.78 is 5.18. The molecule has 0 radical (unpaired) electrons. The number of benzene rings is 3. The number of para-hydroxylation sites is 2. The Morgan fingerprint density at radius 1 is 0.933 bits per heavy atom. The maximum absolute atomic E-state index is 12.0. The van der Waals surface area contributed by atoms with Crippen molar-refractivity contribution < 1.29 is 14.6 Å². The maximum atomic E-state index is 12.0. The fourth-order valence-electron chi connectivity index (χ4n) is 3.16. The molecule has 3 aromatic carbocycles. The van der Waals surface area contributed by atoms with Gasteiger partial charge in [0.15, 0.2) is 5.82 Å². The monoisotopic (exact) mass is 399 g/mol. The standard InChI is InChI=1S/C24H21N3O3/c1-2-15-30-24(29)17-13-11-16(12-14-17)22-18-7-3-4-8-19(18)23(27-26-22)25-20-9-5-6-10-21(20)28/h3-14,28H,2,15H2,1H3,(H,25,27). The highest BCUT2D eigenvalue weighted by Gasteiger charge is 2.13. The van der Waals surface area contributed by atoms with Gasteiger partial charge in [-0.3, -0.25) is 0 Å². The third kappa shape index (κ3) is 3.93. The molecule has 0 spiro atoms. The zero-order valence-electron chi connectivity index (χ0n) is 16.5. The van der Waals surface area contributed by atoms with Gasteiger partial charge in [-0.05, 0) is 30.7 Å². The molecule has 4 rings (SSSR count). The van der Waals surface area contributed by atoms with Gasteiger partial charge >= 0.3 is 5.97 Å². The first-order valence-electron chi connectivity index (χ1n) is 9.75. The highest BCUT2D eigenvalue weighted by Crippen LogP contribution is 2.33. The summed E-state index contributed by atoms with van der Waals surface area (Å²) in [5, 5.41) is 23.8. The SMILES string of the molecule is CCCOC(=O)c1ccc(-c2nnc(Nc3ccccc3O)c3ccccc23)cc1. The van der Waals surface area contributed by atoms with Gasteiger partial charge in [-0.1, -0.05) is 55.5 Å². The Labute approximate surface area is 174 Å². The number of nitrogens with one attached hydrogen (secondary N) is 1. The number of anilines is 2. The summed E-state index contributed by atoms with van der Waals surface area (Å²) in [6.07, 6.45) is 0.784. The lowest BCUT2D eigenvalue weighted by Crippen LogP contribution is -2.05. The molecule has 30 heavy (non-hydrogen) atoms. The van der Waals surface area contributed by atoms with E-state index in [1.54, 1.807) is 30.3 Å². The average molecular weight is 399 g/mol. The Morgan fingerprint density at radius 3 is 2.37 bits per heavy atom. The van der Waals surface area contributed by atoms with Crippen LogP contribution in [-0.4, -0.2) is 27.9 Å². The number of phenolic OH excluding ortho intramolecular Hbond substituents is 1. The molecule has 150 valence electrons. The second-order valence-corrected chi connectivity index (χ2v) is 6.80. The largest absolute Gasteiger partial charge is 0.506 e. The molecule has 0 aliphatic heterocycles. The van der Waals surface area contributed by atoms with E-state index in [1.165, 1.54) is 0 Å². The summed E-state index contributed by atoms with van der Waals surface area (Å²) >= 11 is 0. The first-order chi connectivity index (χ1) is 14.7. The molecule has 4 aromatic rings. The van der Waals surface area contributed by atoms with E-state index in [1.807, 2.05) is 49.4 Å². The molecule has 6 nitrogen and oxygen atoms in total. The van der Waals surface area contributed by atoms with Crippen LogP contribution in [0.2, 0.25) is 0 Å². The van der Waals surface area contributed by atoms with Crippen molar-refractivity contribution in [3.8, 4) is 17.0 Å². The first kappa shape index (κ1) is 19.4. The molecule has 0 aliphatic rings. The van der Waals surface area contributed by atoms with Crippen LogP contribution in [0.3, 0.4) is 0 Å². The molecule has 0 saturated carbocycles. The molecular weight excluding hydrogens is 378 g/mol. The Morgan fingerprint density at radius 2 is 1.63 bits per heavy atom. The minimum absolute atomic E-state index is 0.137. The first-order valence-corrected chi connectivity index (χ1v) is 9.75. The smallest absolute Gasteiger partial charge is 0.338 e. The maximum Gasteiger partial charge on any atom is 0.338 e. The highest BCUT2D eigenvalue weighted by atomic mass is 16.5. The van der Waals surface area contributed by atoms with Gasteiger partial charge in [-0.15, -0.1) is 10.2 Å². The molecule has 6 heteroatoms. The number of hydrogen-bond donors (Lipinski definition) is 2. The van der Waals surface area contributed by atoms with Gasteiger partial charge in [0.2, 0.25) is 0 Å². The number of aromatic nitrogens is 2. The summed E-state index contributed by atoms with van der Waals surface area (Å²) in [6.45, 7) is 2.36. The zero-order valence-corrected chi connectivity index (χ0v) is 16.5. The van der Waals surface area contributed by atoms with E-state index in [-0.39, 0.29) is 11.7 Å². The van der Waals surface area contributed by atoms with E-state index >= 15 is 0 Å². The van der Waals surface area contributed by atoms with Crippen LogP contribution in [-0.2, 0) is 4.74 Å². The normalized spacial score (nSPS) is 10.7. The molecule has 0 saturated heterocycles. The second-order valence-electron chi connectivity index (χ2n) is 6.80. The summed E-state index contributed by atoms with van der Waals surface area (Å²) in [6, 6.07) is 21.9. The Balaban J connectivity index is 1.69. The summed E-state index contributed by atoms with van der Waals surface area (Å²) in [5.41, 5.74) is 2.61. The topological polar surface area (TPSA) is 84.3 Å². The molecular formula is C24H21N3O3. The van der Waals surface area contributed by atoms with E-state index in [9.17, 15) is 9.90 Å². The second kappa shape index (κ2) is 8.61. The number of carbonyl (C=O) groups excluding carboxylic acids is 1. The molecule has 1 aromatic heterocycles. The Bertz CT molecular complexity index is 1190. The minimum Gasteiger partial charge on any atom is -0.506 e. The summed E-state index contributed by atoms with van der Waals surface area (Å²) in [4.78, 5) is 12.0. The Kier molecular flexibility index (Phi) is 5.57. The van der Waals surface area contributed by atoms with Gasteiger partial charge in [0.05, 0.1) is 17.9 Å². The van der Waals surface area contributed by atoms with Crippen LogP contribution in [0.25, 0.3) is 22.0 Å². The molecule has 0 bridgehead atoms. The number of fused-ring (bicyclic) bond motifs is 1. The zero-order chi connectivity index (χ0) is 20.9. The predicted molar refractivity (Wildman–Crippen MR) is 117 cm³/mol. The third-order valence-electron chi connectivity index (χ3n) is 4.68. The number of ether oxygens (including phenoxy) is 1. The van der Waals surface area contributed by atoms with Crippen LogP contribution in [0.15, 0.2) is 72.8 Å². The number of esters is 1. The van der Waals surface area contributed by atoms with Gasteiger partial charge in [-0.25, -0.2) is 4.79 Å². The van der Waals surface area contributed by atoms with Crippen molar-refractivity contribution in [1.82, 2.24) is 10.2 Å². The highest BCUT2D eigenvalue weighted by molar-refractivity contribution is 6.01. The van der Waals surface area contributed by atoms with E-state index in [2.05, 4.69) is 15.5 Å². The number of aromatic hydroxyl groups is 1. The molecule has 0 amide bonds. The molecule has 2 N–H and O–H groups in total. The lowest BCUT2D eigenvalue weighted by molar-refractivity contribution is 0.0505. The fourth-order valence-corrected chi connectivity index (χ4v) is 3.16. The van der Waals surface area contributed by atoms with Crippen molar-refractivity contribution in [3.05, 3.63) is 78.4 Å². The summed E-state index contributed by atoms with van der Waals surface area (Å²) in [5.74, 6) is 0.357. The third-order valence-corrected chi connectivity index (χ3v) is 4.68. The van der Waals surface area contributed by atoms with Gasteiger partial charge in [0.25, 0.3) is 0 Å². The van der Waals surface area contributed by atoms with E-state index in [0.29, 0.717) is 29.4 Å². The Hall–Kier alpha value is -3.93. The van der Waals surface area contributed by atoms with Crippen molar-refractivity contribution in [2.75, 3.05) is 11.9 Å². The minimum atomic E-state index is -0.332. The van der Waals surface area contributed by atoms with Crippen molar-refractivity contribution in [2.24, 2.45) is 0 Å². The molecule has 0 atom stereocenters. The number of nitrogens with zero attached hydrogens (tertiary/aromatic N) is 2. The lowest BCUT2D eigenvalue weighted by Gasteiger charge is -2.12. The molecule has 0 aliphatic carbocycles. The van der Waals surface area contributed by atoms with Crippen LogP contribution in [0.1, 0.15) is 23.7 Å². The van der Waals surface area contributed by atoms with Crippen LogP contribution >= 0.6 is 0 Å². The van der Waals surface area contributed by atoms with Crippen molar-refractivity contribution in [3.63, 3.8) is 0 Å². The molecule has 1 heterocycles. The number of rotatable bonds is 6. The van der Waals surface area contributed by atoms with Crippen LogP contribution in [0.4, 0.5) is 11.5 Å². The van der Waals surface area contributed by atoms with Crippen molar-refractivity contribution >= 4 is 28.2 Å². The van der Waals surface area contributed by atoms with Crippen molar-refractivity contribution in [1.29, 1.82) is 0 Å². The number of hydrogen-bond acceptors (Lipinski definition) is 6. The van der Waals surface area contributed by atoms with Gasteiger partial charge in [0.1, 0.15) is 11.4 Å². The van der Waals surface area contributed by atoms with Crippen molar-refractivity contribution in [2.45, 2.75) is 13.3 Å². The van der Waals surface area contributed by atoms with Crippen LogP contribution < -0.4 is 5.32 Å². The number of carbonyl (C=O) groups is 1. The van der Waals surface area contributed by atoms with E-state index in [0.717, 1.165) is 22.8 Å². The van der Waals surface area contributed by atoms with E-state index in [4.69, 9.17) is 4.74 Å². The van der Waals surface area contributed by atoms with E-state index < -0.39 is 0 Å². The number of phenols is 1. The van der Waals surface area contributed by atoms with Gasteiger partial charge in [-0.2, -0.15) is 0 Å². The van der Waals surface area contributed by atoms with Gasteiger partial charge in [0, 0.05) is 16.3 Å². The lowest BCUT2D eigenvalue weighted by atomic mass is 10.0. The van der Waals surface area contributed by atoms with Gasteiger partial charge < -0.3 is 15.2 Å². The summed E-state index contributed by atoms with van der Waals surface area (Å²) in [7, 11) is 0. The average Bonchev–Trinajstić information content (AvgIpc) is 2.79. The van der Waals surface area contributed by atoms with Crippen LogP contribution in [0.5, 0.6) is 5.75 Å². The fraction of sp³-hybridized carbons (Fsp3) is 0.125. The predicted octanol–water partition coefficient (Wildman–Crippen LogP) is 5.31. The molecule has 0 unspecified atom stereocenters. The molecule has 0 fully saturated rings. The quantitative estimate of drug-likeness (QED) is 0.337.